The van der Waals surface area contributed by atoms with E-state index in [-0.39, 0.29) is 16.5 Å². The van der Waals surface area contributed by atoms with E-state index in [0.29, 0.717) is 13.0 Å². The third-order valence-electron chi connectivity index (χ3n) is 2.93. The third-order valence-corrected chi connectivity index (χ3v) is 3.14. The summed E-state index contributed by atoms with van der Waals surface area (Å²) in [5, 5.41) is 12.4. The zero-order valence-electron chi connectivity index (χ0n) is 11.5. The van der Waals surface area contributed by atoms with Crippen molar-refractivity contribution in [3.05, 3.63) is 52.7 Å². The van der Waals surface area contributed by atoms with Crippen molar-refractivity contribution >= 4 is 23.4 Å². The lowest BCUT2D eigenvalue weighted by atomic mass is 10.1. The molecule has 2 rings (SSSR count). The Morgan fingerprint density at radius 3 is 2.90 bits per heavy atom. The van der Waals surface area contributed by atoms with E-state index >= 15 is 0 Å². The largest absolute Gasteiger partial charge is 0.497 e. The van der Waals surface area contributed by atoms with Crippen molar-refractivity contribution in [3.8, 4) is 5.75 Å². The number of benzene rings is 1. The molecule has 110 valence electrons. The van der Waals surface area contributed by atoms with Gasteiger partial charge in [-0.25, -0.2) is 9.78 Å². The summed E-state index contributed by atoms with van der Waals surface area (Å²) in [5.41, 5.74) is 1.19. The zero-order chi connectivity index (χ0) is 15.2. The van der Waals surface area contributed by atoms with Crippen molar-refractivity contribution in [2.45, 2.75) is 6.42 Å². The van der Waals surface area contributed by atoms with Gasteiger partial charge in [0.15, 0.2) is 0 Å². The molecular weight excluding hydrogens is 292 g/mol. The van der Waals surface area contributed by atoms with Crippen LogP contribution in [0.2, 0.25) is 5.15 Å². The number of methoxy groups -OCH3 is 1. The van der Waals surface area contributed by atoms with Crippen molar-refractivity contribution in [2.75, 3.05) is 19.0 Å². The lowest BCUT2D eigenvalue weighted by molar-refractivity contribution is 0.0697. The first-order valence-corrected chi connectivity index (χ1v) is 6.74. The monoisotopic (exact) mass is 306 g/mol. The molecule has 0 radical (unpaired) electrons. The lowest BCUT2D eigenvalue weighted by Gasteiger charge is -2.09. The lowest BCUT2D eigenvalue weighted by Crippen LogP contribution is -2.11. The average Bonchev–Trinajstić information content (AvgIpc) is 2.47. The smallest absolute Gasteiger partial charge is 0.339 e. The second-order valence-electron chi connectivity index (χ2n) is 4.36. The molecule has 0 bridgehead atoms. The van der Waals surface area contributed by atoms with Crippen LogP contribution >= 0.6 is 11.6 Å². The van der Waals surface area contributed by atoms with E-state index in [1.807, 2.05) is 24.3 Å². The summed E-state index contributed by atoms with van der Waals surface area (Å²) in [4.78, 5) is 15.1. The van der Waals surface area contributed by atoms with E-state index in [0.717, 1.165) is 11.3 Å². The van der Waals surface area contributed by atoms with E-state index in [1.165, 1.54) is 12.1 Å². The zero-order valence-corrected chi connectivity index (χ0v) is 12.2. The number of ether oxygens (including phenoxy) is 1. The number of nitrogens with zero attached hydrogens (tertiary/aromatic N) is 1. The molecule has 1 heterocycles. The number of aromatic nitrogens is 1. The van der Waals surface area contributed by atoms with Gasteiger partial charge in [0.05, 0.1) is 7.11 Å². The normalized spacial score (nSPS) is 10.2. The van der Waals surface area contributed by atoms with Crippen LogP contribution < -0.4 is 10.1 Å². The van der Waals surface area contributed by atoms with Crippen LogP contribution in [0, 0.1) is 0 Å². The Hall–Kier alpha value is -2.27. The van der Waals surface area contributed by atoms with Gasteiger partial charge in [-0.15, -0.1) is 0 Å². The van der Waals surface area contributed by atoms with Gasteiger partial charge in [-0.2, -0.15) is 0 Å². The first-order chi connectivity index (χ1) is 10.1. The number of halogens is 1. The fraction of sp³-hybridized carbons (Fsp3) is 0.200. The highest BCUT2D eigenvalue weighted by atomic mass is 35.5. The number of nitrogens with one attached hydrogen (secondary N) is 1. The van der Waals surface area contributed by atoms with Crippen LogP contribution in [0.3, 0.4) is 0 Å². The Bertz CT molecular complexity index is 647. The predicted octanol–water partition coefficient (Wildman–Crippen LogP) is 3.10. The third kappa shape index (κ3) is 4.10. The van der Waals surface area contributed by atoms with Crippen LogP contribution in [0.15, 0.2) is 36.4 Å². The number of anilines is 1. The first-order valence-electron chi connectivity index (χ1n) is 6.37. The molecule has 0 atom stereocenters. The average molecular weight is 307 g/mol. The maximum Gasteiger partial charge on any atom is 0.339 e. The second kappa shape index (κ2) is 6.95. The minimum atomic E-state index is -1.04. The summed E-state index contributed by atoms with van der Waals surface area (Å²) in [5.74, 6) is 0.0283. The maximum atomic E-state index is 11.1. The molecule has 0 spiro atoms. The highest BCUT2D eigenvalue weighted by Gasteiger charge is 2.11. The SMILES string of the molecule is COc1cccc(CCNc2nc(Cl)ccc2C(=O)O)c1. The summed E-state index contributed by atoms with van der Waals surface area (Å²) in [7, 11) is 1.62. The predicted molar refractivity (Wildman–Crippen MR) is 81.4 cm³/mol. The summed E-state index contributed by atoms with van der Waals surface area (Å²) in [6.07, 6.45) is 0.713. The molecule has 0 aliphatic carbocycles. The Labute approximate surface area is 127 Å². The van der Waals surface area contributed by atoms with E-state index in [1.54, 1.807) is 7.11 Å². The fourth-order valence-electron chi connectivity index (χ4n) is 1.90. The van der Waals surface area contributed by atoms with E-state index in [4.69, 9.17) is 21.4 Å². The Morgan fingerprint density at radius 2 is 2.19 bits per heavy atom. The molecule has 5 nitrogen and oxygen atoms in total. The Morgan fingerprint density at radius 1 is 1.38 bits per heavy atom. The molecule has 0 fully saturated rings. The minimum Gasteiger partial charge on any atom is -0.497 e. The number of carbonyl (C=O) groups is 1. The number of rotatable bonds is 6. The summed E-state index contributed by atoms with van der Waals surface area (Å²) in [6.45, 7) is 0.542. The molecule has 21 heavy (non-hydrogen) atoms. The maximum absolute atomic E-state index is 11.1. The Kier molecular flexibility index (Phi) is 5.00. The van der Waals surface area contributed by atoms with Gasteiger partial charge in [-0.05, 0) is 36.2 Å². The molecule has 0 aliphatic rings. The minimum absolute atomic E-state index is 0.102. The van der Waals surface area contributed by atoms with E-state index in [9.17, 15) is 4.79 Å². The van der Waals surface area contributed by atoms with Crippen LogP contribution in [0.4, 0.5) is 5.82 Å². The molecule has 1 aromatic carbocycles. The van der Waals surface area contributed by atoms with Crippen LogP contribution in [-0.2, 0) is 6.42 Å². The summed E-state index contributed by atoms with van der Waals surface area (Å²) >= 11 is 5.80. The van der Waals surface area contributed by atoms with Crippen LogP contribution in [0.25, 0.3) is 0 Å². The highest BCUT2D eigenvalue weighted by Crippen LogP contribution is 2.17. The second-order valence-corrected chi connectivity index (χ2v) is 4.75. The van der Waals surface area contributed by atoms with Crippen molar-refractivity contribution in [1.82, 2.24) is 4.98 Å². The number of hydrogen-bond acceptors (Lipinski definition) is 4. The molecule has 0 saturated heterocycles. The first kappa shape index (κ1) is 15.1. The van der Waals surface area contributed by atoms with Crippen LogP contribution in [0.1, 0.15) is 15.9 Å². The number of carboxylic acid groups (broad SMARTS) is 1. The van der Waals surface area contributed by atoms with Gasteiger partial charge in [0, 0.05) is 6.54 Å². The number of carboxylic acids is 1. The van der Waals surface area contributed by atoms with Gasteiger partial charge in [-0.3, -0.25) is 0 Å². The molecule has 0 aliphatic heterocycles. The number of pyridine rings is 1. The molecular formula is C15H15ClN2O3. The summed E-state index contributed by atoms with van der Waals surface area (Å²) in [6, 6.07) is 10.6. The van der Waals surface area contributed by atoms with Crippen LogP contribution in [0.5, 0.6) is 5.75 Å². The molecule has 0 saturated carbocycles. The topological polar surface area (TPSA) is 71.5 Å². The van der Waals surface area contributed by atoms with Crippen molar-refractivity contribution in [2.24, 2.45) is 0 Å². The number of aromatic carboxylic acids is 1. The number of hydrogen-bond donors (Lipinski definition) is 2. The van der Waals surface area contributed by atoms with Gasteiger partial charge in [0.2, 0.25) is 0 Å². The van der Waals surface area contributed by atoms with Crippen molar-refractivity contribution < 1.29 is 14.6 Å². The summed E-state index contributed by atoms with van der Waals surface area (Å²) < 4.78 is 5.16. The fourth-order valence-corrected chi connectivity index (χ4v) is 2.04. The van der Waals surface area contributed by atoms with Crippen LogP contribution in [-0.4, -0.2) is 29.7 Å². The molecule has 2 N–H and O–H groups in total. The van der Waals surface area contributed by atoms with Gasteiger partial charge < -0.3 is 15.2 Å². The van der Waals surface area contributed by atoms with Crippen molar-refractivity contribution in [3.63, 3.8) is 0 Å². The van der Waals surface area contributed by atoms with E-state index < -0.39 is 5.97 Å². The molecule has 0 amide bonds. The Balaban J connectivity index is 2.03. The van der Waals surface area contributed by atoms with Gasteiger partial charge in [0.1, 0.15) is 22.3 Å². The quantitative estimate of drug-likeness (QED) is 0.802. The molecule has 1 aromatic heterocycles. The molecule has 2 aromatic rings. The van der Waals surface area contributed by atoms with E-state index in [2.05, 4.69) is 10.3 Å². The van der Waals surface area contributed by atoms with Gasteiger partial charge in [0.25, 0.3) is 0 Å². The van der Waals surface area contributed by atoms with Crippen molar-refractivity contribution in [1.29, 1.82) is 0 Å². The molecule has 0 unspecified atom stereocenters. The standard InChI is InChI=1S/C15H15ClN2O3/c1-21-11-4-2-3-10(9-11)7-8-17-14-12(15(19)20)5-6-13(16)18-14/h2-6,9H,7-8H2,1H3,(H,17,18)(H,19,20). The van der Waals surface area contributed by atoms with Gasteiger partial charge in [-0.1, -0.05) is 23.7 Å². The molecule has 6 heteroatoms. The highest BCUT2D eigenvalue weighted by molar-refractivity contribution is 6.29. The van der Waals surface area contributed by atoms with Gasteiger partial charge >= 0.3 is 5.97 Å².